The average molecular weight is 483 g/mol. The number of carbonyl (C=O) groups excluding carboxylic acids is 2. The van der Waals surface area contributed by atoms with Crippen LogP contribution in [0.2, 0.25) is 0 Å². The minimum Gasteiger partial charge on any atom is -0.466 e. The first-order valence-corrected chi connectivity index (χ1v) is 15.0. The van der Waals surface area contributed by atoms with Crippen molar-refractivity contribution < 1.29 is 19.1 Å². The SMILES string of the molecule is CCCCCCCCCCCCOC(=O)CCCCC(=O)OCCCCCCCCCCCC. The summed E-state index contributed by atoms with van der Waals surface area (Å²) in [7, 11) is 0. The molecule has 0 radical (unpaired) electrons. The molecular formula is C30H58O4. The number of esters is 2. The predicted octanol–water partition coefficient (Wildman–Crippen LogP) is 9.48. The molecule has 0 unspecified atom stereocenters. The Labute approximate surface area is 212 Å². The van der Waals surface area contributed by atoms with E-state index in [-0.39, 0.29) is 11.9 Å². The van der Waals surface area contributed by atoms with E-state index >= 15 is 0 Å². The van der Waals surface area contributed by atoms with Gasteiger partial charge >= 0.3 is 11.9 Å². The number of hydrogen-bond acceptors (Lipinski definition) is 4. The fraction of sp³-hybridized carbons (Fsp3) is 0.933. The number of rotatable bonds is 27. The van der Waals surface area contributed by atoms with Gasteiger partial charge in [-0.3, -0.25) is 9.59 Å². The van der Waals surface area contributed by atoms with Crippen molar-refractivity contribution in [2.75, 3.05) is 13.2 Å². The second-order valence-corrected chi connectivity index (χ2v) is 10.0. The van der Waals surface area contributed by atoms with Gasteiger partial charge in [0.15, 0.2) is 0 Å². The lowest BCUT2D eigenvalue weighted by Gasteiger charge is -2.06. The molecule has 0 saturated heterocycles. The Hall–Kier alpha value is -1.06. The molecule has 0 aromatic carbocycles. The van der Waals surface area contributed by atoms with E-state index in [1.165, 1.54) is 103 Å². The lowest BCUT2D eigenvalue weighted by atomic mass is 10.1. The first kappa shape index (κ1) is 32.9. The second kappa shape index (κ2) is 28.2. The first-order chi connectivity index (χ1) is 16.7. The van der Waals surface area contributed by atoms with Crippen LogP contribution in [0.3, 0.4) is 0 Å². The van der Waals surface area contributed by atoms with Crippen LogP contribution >= 0.6 is 0 Å². The molecule has 0 bridgehead atoms. The molecule has 4 heteroatoms. The van der Waals surface area contributed by atoms with Crippen LogP contribution < -0.4 is 0 Å². The highest BCUT2D eigenvalue weighted by Gasteiger charge is 2.06. The molecule has 0 N–H and O–H groups in total. The first-order valence-electron chi connectivity index (χ1n) is 15.0. The molecule has 0 spiro atoms. The van der Waals surface area contributed by atoms with Crippen molar-refractivity contribution in [3.63, 3.8) is 0 Å². The molecule has 0 aromatic rings. The normalized spacial score (nSPS) is 11.0. The van der Waals surface area contributed by atoms with E-state index in [9.17, 15) is 9.59 Å². The zero-order valence-electron chi connectivity index (χ0n) is 23.0. The van der Waals surface area contributed by atoms with E-state index < -0.39 is 0 Å². The van der Waals surface area contributed by atoms with Gasteiger partial charge in [-0.1, -0.05) is 129 Å². The summed E-state index contributed by atoms with van der Waals surface area (Å²) in [5, 5.41) is 0. The summed E-state index contributed by atoms with van der Waals surface area (Å²) in [6.07, 6.45) is 27.8. The number of unbranched alkanes of at least 4 members (excludes halogenated alkanes) is 19. The van der Waals surface area contributed by atoms with Gasteiger partial charge in [0.2, 0.25) is 0 Å². The lowest BCUT2D eigenvalue weighted by molar-refractivity contribution is -0.146. The van der Waals surface area contributed by atoms with Crippen molar-refractivity contribution in [1.82, 2.24) is 0 Å². The fourth-order valence-corrected chi connectivity index (χ4v) is 4.23. The molecule has 0 rings (SSSR count). The Morgan fingerprint density at radius 2 is 0.647 bits per heavy atom. The monoisotopic (exact) mass is 482 g/mol. The Morgan fingerprint density at radius 1 is 0.382 bits per heavy atom. The molecule has 0 amide bonds. The van der Waals surface area contributed by atoms with Gasteiger partial charge in [0.05, 0.1) is 13.2 Å². The molecular weight excluding hydrogens is 424 g/mol. The van der Waals surface area contributed by atoms with Crippen molar-refractivity contribution in [2.45, 2.75) is 168 Å². The van der Waals surface area contributed by atoms with E-state index in [4.69, 9.17) is 9.47 Å². The Balaban J connectivity index is 3.28. The van der Waals surface area contributed by atoms with Crippen molar-refractivity contribution in [2.24, 2.45) is 0 Å². The Kier molecular flexibility index (Phi) is 27.3. The van der Waals surface area contributed by atoms with Gasteiger partial charge in [0.1, 0.15) is 0 Å². The summed E-state index contributed by atoms with van der Waals surface area (Å²) in [5.74, 6) is -0.260. The van der Waals surface area contributed by atoms with Crippen molar-refractivity contribution in [1.29, 1.82) is 0 Å². The average Bonchev–Trinajstić information content (AvgIpc) is 2.83. The molecule has 202 valence electrons. The van der Waals surface area contributed by atoms with E-state index in [0.717, 1.165) is 25.7 Å². The van der Waals surface area contributed by atoms with Crippen molar-refractivity contribution in [3.8, 4) is 0 Å². The van der Waals surface area contributed by atoms with Crippen LogP contribution in [0.1, 0.15) is 168 Å². The van der Waals surface area contributed by atoms with Crippen LogP contribution in [-0.4, -0.2) is 25.2 Å². The van der Waals surface area contributed by atoms with Gasteiger partial charge in [-0.15, -0.1) is 0 Å². The van der Waals surface area contributed by atoms with Crippen LogP contribution in [0.5, 0.6) is 0 Å². The van der Waals surface area contributed by atoms with Gasteiger partial charge < -0.3 is 9.47 Å². The summed E-state index contributed by atoms with van der Waals surface area (Å²) in [6, 6.07) is 0. The fourth-order valence-electron chi connectivity index (χ4n) is 4.23. The minimum absolute atomic E-state index is 0.130. The zero-order valence-corrected chi connectivity index (χ0v) is 23.0. The number of carbonyl (C=O) groups is 2. The smallest absolute Gasteiger partial charge is 0.305 e. The minimum atomic E-state index is -0.130. The summed E-state index contributed by atoms with van der Waals surface area (Å²) in [6.45, 7) is 5.58. The molecule has 0 aromatic heterocycles. The van der Waals surface area contributed by atoms with E-state index in [0.29, 0.717) is 38.9 Å². The Bertz CT molecular complexity index is 396. The molecule has 4 nitrogen and oxygen atoms in total. The molecule has 0 aliphatic carbocycles. The molecule has 0 aliphatic heterocycles. The second-order valence-electron chi connectivity index (χ2n) is 10.0. The Morgan fingerprint density at radius 3 is 0.941 bits per heavy atom. The van der Waals surface area contributed by atoms with E-state index in [1.54, 1.807) is 0 Å². The molecule has 0 heterocycles. The molecule has 0 aliphatic rings. The third-order valence-electron chi connectivity index (χ3n) is 6.53. The maximum absolute atomic E-state index is 11.8. The van der Waals surface area contributed by atoms with Gasteiger partial charge in [-0.25, -0.2) is 0 Å². The van der Waals surface area contributed by atoms with Crippen LogP contribution in [0.15, 0.2) is 0 Å². The summed E-state index contributed by atoms with van der Waals surface area (Å²) in [4.78, 5) is 23.6. The molecule has 0 saturated carbocycles. The summed E-state index contributed by atoms with van der Waals surface area (Å²) >= 11 is 0. The highest BCUT2D eigenvalue weighted by molar-refractivity contribution is 5.70. The highest BCUT2D eigenvalue weighted by atomic mass is 16.5. The maximum Gasteiger partial charge on any atom is 0.305 e. The van der Waals surface area contributed by atoms with E-state index in [2.05, 4.69) is 13.8 Å². The highest BCUT2D eigenvalue weighted by Crippen LogP contribution is 2.12. The van der Waals surface area contributed by atoms with Crippen LogP contribution in [0.4, 0.5) is 0 Å². The summed E-state index contributed by atoms with van der Waals surface area (Å²) in [5.41, 5.74) is 0. The topological polar surface area (TPSA) is 52.6 Å². The molecule has 34 heavy (non-hydrogen) atoms. The van der Waals surface area contributed by atoms with Gasteiger partial charge in [0.25, 0.3) is 0 Å². The maximum atomic E-state index is 11.8. The number of ether oxygens (including phenoxy) is 2. The predicted molar refractivity (Wildman–Crippen MR) is 144 cm³/mol. The molecule has 0 atom stereocenters. The number of hydrogen-bond donors (Lipinski definition) is 0. The van der Waals surface area contributed by atoms with Crippen LogP contribution in [-0.2, 0) is 19.1 Å². The summed E-state index contributed by atoms with van der Waals surface area (Å²) < 4.78 is 10.6. The van der Waals surface area contributed by atoms with Crippen LogP contribution in [0, 0.1) is 0 Å². The third-order valence-corrected chi connectivity index (χ3v) is 6.53. The van der Waals surface area contributed by atoms with E-state index in [1.807, 2.05) is 0 Å². The quantitative estimate of drug-likeness (QED) is 0.0864. The van der Waals surface area contributed by atoms with Gasteiger partial charge in [-0.2, -0.15) is 0 Å². The standard InChI is InChI=1S/C30H58O4/c1-3-5-7-9-11-13-15-17-19-23-27-33-29(31)25-21-22-26-30(32)34-28-24-20-18-16-14-12-10-8-6-4-2/h3-28H2,1-2H3. The molecule has 0 fully saturated rings. The lowest BCUT2D eigenvalue weighted by Crippen LogP contribution is -2.08. The zero-order chi connectivity index (χ0) is 25.0. The third kappa shape index (κ3) is 27.2. The largest absolute Gasteiger partial charge is 0.466 e. The van der Waals surface area contributed by atoms with Gasteiger partial charge in [0, 0.05) is 12.8 Å². The van der Waals surface area contributed by atoms with Crippen molar-refractivity contribution >= 4 is 11.9 Å². The van der Waals surface area contributed by atoms with Gasteiger partial charge in [-0.05, 0) is 25.7 Å². The van der Waals surface area contributed by atoms with Crippen molar-refractivity contribution in [3.05, 3.63) is 0 Å². The van der Waals surface area contributed by atoms with Crippen LogP contribution in [0.25, 0.3) is 0 Å².